The number of ether oxygens (including phenoxy) is 1. The summed E-state index contributed by atoms with van der Waals surface area (Å²) in [6.07, 6.45) is 3.05. The van der Waals surface area contributed by atoms with Crippen molar-refractivity contribution in [3.8, 4) is 5.75 Å². The fraction of sp³-hybridized carbons (Fsp3) is 0.467. The van der Waals surface area contributed by atoms with Gasteiger partial charge in [0.15, 0.2) is 0 Å². The largest absolute Gasteiger partial charge is 0.491 e. The van der Waals surface area contributed by atoms with Crippen LogP contribution >= 0.6 is 11.6 Å². The molecule has 5 nitrogen and oxygen atoms in total. The highest BCUT2D eigenvalue weighted by Gasteiger charge is 2.03. The van der Waals surface area contributed by atoms with Gasteiger partial charge in [0, 0.05) is 17.8 Å². The van der Waals surface area contributed by atoms with Crippen LogP contribution in [0.1, 0.15) is 24.6 Å². The van der Waals surface area contributed by atoms with E-state index in [1.54, 1.807) is 4.68 Å². The third-order valence-corrected chi connectivity index (χ3v) is 3.28. The number of benzene rings is 1. The number of hydrogen-bond acceptors (Lipinski definition) is 4. The van der Waals surface area contributed by atoms with Crippen LogP contribution in [0.5, 0.6) is 5.75 Å². The molecule has 2 rings (SSSR count). The van der Waals surface area contributed by atoms with Gasteiger partial charge in [-0.2, -0.15) is 0 Å². The number of nitrogens with one attached hydrogen (secondary N) is 1. The summed E-state index contributed by atoms with van der Waals surface area (Å²) < 4.78 is 7.54. The lowest BCUT2D eigenvalue weighted by atomic mass is 10.2. The average Bonchev–Trinajstić information content (AvgIpc) is 2.91. The van der Waals surface area contributed by atoms with Gasteiger partial charge in [-0.15, -0.1) is 5.10 Å². The highest BCUT2D eigenvalue weighted by molar-refractivity contribution is 6.30. The van der Waals surface area contributed by atoms with Crippen LogP contribution in [0, 0.1) is 6.92 Å². The van der Waals surface area contributed by atoms with Crippen LogP contribution in [-0.4, -0.2) is 28.1 Å². The molecule has 1 heterocycles. The maximum Gasteiger partial charge on any atom is 0.123 e. The monoisotopic (exact) mass is 308 g/mol. The molecule has 0 radical (unpaired) electrons. The molecule has 0 bridgehead atoms. The van der Waals surface area contributed by atoms with Crippen LogP contribution in [-0.2, 0) is 13.1 Å². The molecule has 0 aliphatic heterocycles. The third kappa shape index (κ3) is 5.02. The molecular weight excluding hydrogens is 288 g/mol. The first-order valence-electron chi connectivity index (χ1n) is 7.17. The zero-order valence-electron chi connectivity index (χ0n) is 12.5. The van der Waals surface area contributed by atoms with E-state index in [-0.39, 0.29) is 0 Å². The van der Waals surface area contributed by atoms with Crippen molar-refractivity contribution < 1.29 is 4.74 Å². The average molecular weight is 309 g/mol. The molecule has 0 spiro atoms. The van der Waals surface area contributed by atoms with E-state index >= 15 is 0 Å². The maximum absolute atomic E-state index is 5.96. The van der Waals surface area contributed by atoms with Crippen LogP contribution < -0.4 is 10.1 Å². The molecular formula is C15H21ClN4O. The minimum atomic E-state index is 0.534. The van der Waals surface area contributed by atoms with Crippen LogP contribution in [0.2, 0.25) is 5.02 Å². The van der Waals surface area contributed by atoms with Gasteiger partial charge in [-0.3, -0.25) is 0 Å². The number of halogens is 1. The molecule has 0 saturated carbocycles. The summed E-state index contributed by atoms with van der Waals surface area (Å²) in [7, 11) is 0. The van der Waals surface area contributed by atoms with Crippen molar-refractivity contribution in [1.82, 2.24) is 20.3 Å². The predicted octanol–water partition coefficient (Wildman–Crippen LogP) is 2.82. The molecule has 6 heteroatoms. The Balaban J connectivity index is 1.79. The highest BCUT2D eigenvalue weighted by atomic mass is 35.5. The number of nitrogens with zero attached hydrogens (tertiary/aromatic N) is 3. The van der Waals surface area contributed by atoms with Crippen LogP contribution in [0.15, 0.2) is 24.4 Å². The molecule has 0 saturated heterocycles. The first-order valence-corrected chi connectivity index (χ1v) is 7.55. The molecule has 0 amide bonds. The number of hydrogen-bond donors (Lipinski definition) is 1. The van der Waals surface area contributed by atoms with Crippen molar-refractivity contribution in [2.45, 2.75) is 33.4 Å². The van der Waals surface area contributed by atoms with E-state index in [1.165, 1.54) is 0 Å². The smallest absolute Gasteiger partial charge is 0.123 e. The SMILES string of the molecule is CCCNCc1cn(CCOc2cc(Cl)ccc2C)nn1. The molecule has 0 aliphatic rings. The van der Waals surface area contributed by atoms with E-state index in [2.05, 4.69) is 22.6 Å². The first kappa shape index (κ1) is 15.8. The zero-order valence-corrected chi connectivity index (χ0v) is 13.2. The van der Waals surface area contributed by atoms with Gasteiger partial charge in [0.05, 0.1) is 12.2 Å². The second-order valence-corrected chi connectivity index (χ2v) is 5.34. The number of rotatable bonds is 8. The maximum atomic E-state index is 5.96. The molecule has 0 fully saturated rings. The standard InChI is InChI=1S/C15H21ClN4O/c1-3-6-17-10-14-11-20(19-18-14)7-8-21-15-9-13(16)5-4-12(15)2/h4-5,9,11,17H,3,6-8,10H2,1-2H3. The van der Waals surface area contributed by atoms with Crippen molar-refractivity contribution in [1.29, 1.82) is 0 Å². The molecule has 1 N–H and O–H groups in total. The summed E-state index contributed by atoms with van der Waals surface area (Å²) in [6.45, 7) is 7.07. The molecule has 0 aliphatic carbocycles. The minimum absolute atomic E-state index is 0.534. The summed E-state index contributed by atoms with van der Waals surface area (Å²) >= 11 is 5.96. The third-order valence-electron chi connectivity index (χ3n) is 3.05. The van der Waals surface area contributed by atoms with Crippen molar-refractivity contribution >= 4 is 11.6 Å². The zero-order chi connectivity index (χ0) is 15.1. The Kier molecular flexibility index (Phi) is 6.02. The number of aromatic nitrogens is 3. The predicted molar refractivity (Wildman–Crippen MR) is 83.7 cm³/mol. The van der Waals surface area contributed by atoms with Gasteiger partial charge in [-0.25, -0.2) is 4.68 Å². The molecule has 1 aromatic carbocycles. The summed E-state index contributed by atoms with van der Waals surface area (Å²) in [5, 5.41) is 12.2. The Bertz CT molecular complexity index is 571. The highest BCUT2D eigenvalue weighted by Crippen LogP contribution is 2.22. The fourth-order valence-corrected chi connectivity index (χ4v) is 2.06. The Hall–Kier alpha value is -1.59. The summed E-state index contributed by atoms with van der Waals surface area (Å²) in [4.78, 5) is 0. The quantitative estimate of drug-likeness (QED) is 0.762. The van der Waals surface area contributed by atoms with Gasteiger partial charge in [0.2, 0.25) is 0 Å². The Labute approximate surface area is 130 Å². The normalized spacial score (nSPS) is 10.8. The summed E-state index contributed by atoms with van der Waals surface area (Å²) in [5.74, 6) is 0.812. The lowest BCUT2D eigenvalue weighted by Crippen LogP contribution is -2.14. The van der Waals surface area contributed by atoms with E-state index in [9.17, 15) is 0 Å². The van der Waals surface area contributed by atoms with Crippen LogP contribution in [0.4, 0.5) is 0 Å². The van der Waals surface area contributed by atoms with Crippen LogP contribution in [0.25, 0.3) is 0 Å². The summed E-state index contributed by atoms with van der Waals surface area (Å²) in [6, 6.07) is 5.64. The van der Waals surface area contributed by atoms with E-state index in [4.69, 9.17) is 16.3 Å². The van der Waals surface area contributed by atoms with Gasteiger partial charge in [0.25, 0.3) is 0 Å². The number of aryl methyl sites for hydroxylation is 1. The second kappa shape index (κ2) is 8.00. The van der Waals surface area contributed by atoms with Crippen LogP contribution in [0.3, 0.4) is 0 Å². The molecule has 0 atom stereocenters. The molecule has 2 aromatic rings. The summed E-state index contributed by atoms with van der Waals surface area (Å²) in [5.41, 5.74) is 2.02. The molecule has 1 aromatic heterocycles. The minimum Gasteiger partial charge on any atom is -0.491 e. The molecule has 0 unspecified atom stereocenters. The van der Waals surface area contributed by atoms with E-state index in [0.29, 0.717) is 18.2 Å². The first-order chi connectivity index (χ1) is 10.2. The van der Waals surface area contributed by atoms with Crippen molar-refractivity contribution in [2.24, 2.45) is 0 Å². The Morgan fingerprint density at radius 1 is 1.38 bits per heavy atom. The van der Waals surface area contributed by atoms with E-state index in [0.717, 1.165) is 36.5 Å². The molecule has 21 heavy (non-hydrogen) atoms. The van der Waals surface area contributed by atoms with E-state index in [1.807, 2.05) is 31.3 Å². The van der Waals surface area contributed by atoms with E-state index < -0.39 is 0 Å². The van der Waals surface area contributed by atoms with Crippen molar-refractivity contribution in [3.05, 3.63) is 40.7 Å². The Morgan fingerprint density at radius 3 is 3.05 bits per heavy atom. The lowest BCUT2D eigenvalue weighted by molar-refractivity contribution is 0.288. The van der Waals surface area contributed by atoms with Gasteiger partial charge in [-0.1, -0.05) is 29.8 Å². The lowest BCUT2D eigenvalue weighted by Gasteiger charge is -2.09. The van der Waals surface area contributed by atoms with Crippen molar-refractivity contribution in [3.63, 3.8) is 0 Å². The topological polar surface area (TPSA) is 52.0 Å². The van der Waals surface area contributed by atoms with Crippen molar-refractivity contribution in [2.75, 3.05) is 13.2 Å². The van der Waals surface area contributed by atoms with Gasteiger partial charge in [-0.05, 0) is 37.6 Å². The van der Waals surface area contributed by atoms with Gasteiger partial charge >= 0.3 is 0 Å². The Morgan fingerprint density at radius 2 is 2.24 bits per heavy atom. The van der Waals surface area contributed by atoms with Gasteiger partial charge in [0.1, 0.15) is 12.4 Å². The molecule has 114 valence electrons. The fourth-order valence-electron chi connectivity index (χ4n) is 1.90. The van der Waals surface area contributed by atoms with Gasteiger partial charge < -0.3 is 10.1 Å². The second-order valence-electron chi connectivity index (χ2n) is 4.91.